The molecule has 0 atom stereocenters. The molecule has 5 heteroatoms. The fraction of sp³-hybridized carbons (Fsp3) is 0.0800. The molecule has 0 saturated carbocycles. The Morgan fingerprint density at radius 1 is 0.733 bits per heavy atom. The Morgan fingerprint density at radius 2 is 1.37 bits per heavy atom. The van der Waals surface area contributed by atoms with Gasteiger partial charge in [-0.05, 0) is 35.4 Å². The number of para-hydroxylation sites is 1. The molecule has 0 aliphatic carbocycles. The molecule has 0 fully saturated rings. The van der Waals surface area contributed by atoms with Crippen LogP contribution < -0.4 is 0 Å². The minimum atomic E-state index is -0.973. The summed E-state index contributed by atoms with van der Waals surface area (Å²) in [7, 11) is 0. The van der Waals surface area contributed by atoms with Crippen LogP contribution in [0.15, 0.2) is 91.0 Å². The number of carboxylic acid groups (broad SMARTS) is 1. The number of hydrogen-bond donors (Lipinski definition) is 1. The summed E-state index contributed by atoms with van der Waals surface area (Å²) in [5.74, 6) is -1.15. The lowest BCUT2D eigenvalue weighted by Gasteiger charge is -2.23. The number of nitrogens with zero attached hydrogens (tertiary/aromatic N) is 2. The van der Waals surface area contributed by atoms with Crippen LogP contribution in [0.4, 0.5) is 0 Å². The first-order chi connectivity index (χ1) is 14.6. The van der Waals surface area contributed by atoms with Crippen LogP contribution in [-0.4, -0.2) is 26.9 Å². The zero-order valence-corrected chi connectivity index (χ0v) is 16.2. The maximum Gasteiger partial charge on any atom is 0.335 e. The van der Waals surface area contributed by atoms with Gasteiger partial charge in [-0.1, -0.05) is 66.7 Å². The number of hydrogen-bond acceptors (Lipinski definition) is 3. The van der Waals surface area contributed by atoms with Gasteiger partial charge >= 0.3 is 5.97 Å². The maximum atomic E-state index is 13.3. The second-order valence-electron chi connectivity index (χ2n) is 7.04. The number of aromatic nitrogens is 1. The highest BCUT2D eigenvalue weighted by molar-refractivity contribution is 5.95. The minimum absolute atomic E-state index is 0.174. The minimum Gasteiger partial charge on any atom is -0.478 e. The molecule has 1 amide bonds. The highest BCUT2D eigenvalue weighted by atomic mass is 16.4. The average Bonchev–Trinajstić information content (AvgIpc) is 2.79. The van der Waals surface area contributed by atoms with E-state index in [2.05, 4.69) is 4.98 Å². The summed E-state index contributed by atoms with van der Waals surface area (Å²) in [4.78, 5) is 30.7. The van der Waals surface area contributed by atoms with E-state index in [1.54, 1.807) is 35.2 Å². The summed E-state index contributed by atoms with van der Waals surface area (Å²) in [6, 6.07) is 27.7. The fourth-order valence-electron chi connectivity index (χ4n) is 3.32. The number of benzene rings is 3. The summed E-state index contributed by atoms with van der Waals surface area (Å²) in [6.45, 7) is 0.775. The number of rotatable bonds is 6. The largest absolute Gasteiger partial charge is 0.478 e. The van der Waals surface area contributed by atoms with E-state index in [-0.39, 0.29) is 11.5 Å². The molecule has 0 aliphatic rings. The summed E-state index contributed by atoms with van der Waals surface area (Å²) < 4.78 is 0. The summed E-state index contributed by atoms with van der Waals surface area (Å²) in [5, 5.41) is 10.1. The molecule has 1 N–H and O–H groups in total. The molecule has 4 aromatic rings. The van der Waals surface area contributed by atoms with Crippen LogP contribution in [0.25, 0.3) is 10.9 Å². The molecule has 0 unspecified atom stereocenters. The lowest BCUT2D eigenvalue weighted by molar-refractivity contribution is 0.0693. The second kappa shape index (κ2) is 8.57. The zero-order chi connectivity index (χ0) is 20.9. The third kappa shape index (κ3) is 4.36. The third-order valence-corrected chi connectivity index (χ3v) is 4.90. The van der Waals surface area contributed by atoms with Gasteiger partial charge in [0.05, 0.1) is 11.1 Å². The molecule has 30 heavy (non-hydrogen) atoms. The van der Waals surface area contributed by atoms with Crippen LogP contribution in [0.2, 0.25) is 0 Å². The predicted octanol–water partition coefficient (Wildman–Crippen LogP) is 4.78. The molecular formula is C25H20N2O3. The van der Waals surface area contributed by atoms with Crippen molar-refractivity contribution in [3.63, 3.8) is 0 Å². The molecule has 4 rings (SSSR count). The number of carbonyl (C=O) groups is 2. The van der Waals surface area contributed by atoms with Crippen molar-refractivity contribution in [2.24, 2.45) is 0 Å². The molecule has 1 heterocycles. The van der Waals surface area contributed by atoms with Gasteiger partial charge in [0.15, 0.2) is 0 Å². The quantitative estimate of drug-likeness (QED) is 0.509. The van der Waals surface area contributed by atoms with Crippen molar-refractivity contribution >= 4 is 22.8 Å². The molecular weight excluding hydrogens is 376 g/mol. The topological polar surface area (TPSA) is 70.5 Å². The van der Waals surface area contributed by atoms with E-state index in [9.17, 15) is 9.59 Å². The van der Waals surface area contributed by atoms with Gasteiger partial charge in [0.25, 0.3) is 5.91 Å². The molecule has 0 saturated heterocycles. The van der Waals surface area contributed by atoms with Crippen molar-refractivity contribution in [2.45, 2.75) is 13.1 Å². The second-order valence-corrected chi connectivity index (χ2v) is 7.04. The van der Waals surface area contributed by atoms with Crippen molar-refractivity contribution < 1.29 is 14.7 Å². The Labute approximate surface area is 174 Å². The summed E-state index contributed by atoms with van der Waals surface area (Å²) in [5.41, 5.74) is 3.23. The van der Waals surface area contributed by atoms with E-state index in [0.717, 1.165) is 22.0 Å². The average molecular weight is 396 g/mol. The zero-order valence-electron chi connectivity index (χ0n) is 16.2. The fourth-order valence-corrected chi connectivity index (χ4v) is 3.32. The predicted molar refractivity (Wildman–Crippen MR) is 115 cm³/mol. The van der Waals surface area contributed by atoms with Gasteiger partial charge in [-0.3, -0.25) is 4.79 Å². The Morgan fingerprint density at radius 3 is 2.07 bits per heavy atom. The first kappa shape index (κ1) is 19.3. The van der Waals surface area contributed by atoms with Crippen LogP contribution in [-0.2, 0) is 13.1 Å². The highest BCUT2D eigenvalue weighted by Gasteiger charge is 2.19. The first-order valence-electron chi connectivity index (χ1n) is 9.61. The summed E-state index contributed by atoms with van der Waals surface area (Å²) >= 11 is 0. The van der Waals surface area contributed by atoms with Gasteiger partial charge in [0.1, 0.15) is 5.69 Å². The first-order valence-corrected chi connectivity index (χ1v) is 9.61. The SMILES string of the molecule is O=C(O)c1ccc(CN(Cc2ccccc2)C(=O)c2ccc3ccccc3n2)cc1. The molecule has 1 aromatic heterocycles. The number of fused-ring (bicyclic) bond motifs is 1. The number of amides is 1. The molecule has 5 nitrogen and oxygen atoms in total. The van der Waals surface area contributed by atoms with Crippen molar-refractivity contribution in [1.82, 2.24) is 9.88 Å². The third-order valence-electron chi connectivity index (χ3n) is 4.90. The molecule has 0 bridgehead atoms. The van der Waals surface area contributed by atoms with Gasteiger partial charge in [-0.2, -0.15) is 0 Å². The Balaban J connectivity index is 1.64. The van der Waals surface area contributed by atoms with Crippen molar-refractivity contribution in [3.8, 4) is 0 Å². The van der Waals surface area contributed by atoms with Crippen molar-refractivity contribution in [2.75, 3.05) is 0 Å². The van der Waals surface area contributed by atoms with Crippen LogP contribution in [0.1, 0.15) is 32.0 Å². The van der Waals surface area contributed by atoms with Crippen molar-refractivity contribution in [1.29, 1.82) is 0 Å². The van der Waals surface area contributed by atoms with Gasteiger partial charge in [-0.25, -0.2) is 9.78 Å². The number of aromatic carboxylic acids is 1. The number of pyridine rings is 1. The van der Waals surface area contributed by atoms with Crippen LogP contribution in [0.3, 0.4) is 0 Å². The Kier molecular flexibility index (Phi) is 5.52. The van der Waals surface area contributed by atoms with Crippen LogP contribution >= 0.6 is 0 Å². The number of carboxylic acids is 1. The number of carbonyl (C=O) groups excluding carboxylic acids is 1. The lowest BCUT2D eigenvalue weighted by atomic mass is 10.1. The van der Waals surface area contributed by atoms with Gasteiger partial charge < -0.3 is 10.0 Å². The monoisotopic (exact) mass is 396 g/mol. The van der Waals surface area contributed by atoms with E-state index in [0.29, 0.717) is 18.8 Å². The molecule has 0 aliphatic heterocycles. The smallest absolute Gasteiger partial charge is 0.335 e. The Hall–Kier alpha value is -3.99. The van der Waals surface area contributed by atoms with Gasteiger partial charge in [-0.15, -0.1) is 0 Å². The van der Waals surface area contributed by atoms with E-state index in [1.807, 2.05) is 60.7 Å². The van der Waals surface area contributed by atoms with E-state index >= 15 is 0 Å². The Bertz CT molecular complexity index is 1190. The van der Waals surface area contributed by atoms with E-state index in [4.69, 9.17) is 5.11 Å². The molecule has 148 valence electrons. The summed E-state index contributed by atoms with van der Waals surface area (Å²) in [6.07, 6.45) is 0. The molecule has 0 spiro atoms. The highest BCUT2D eigenvalue weighted by Crippen LogP contribution is 2.17. The van der Waals surface area contributed by atoms with Crippen LogP contribution in [0.5, 0.6) is 0 Å². The molecule has 0 radical (unpaired) electrons. The van der Waals surface area contributed by atoms with Crippen LogP contribution in [0, 0.1) is 0 Å². The van der Waals surface area contributed by atoms with E-state index in [1.165, 1.54) is 0 Å². The van der Waals surface area contributed by atoms with Gasteiger partial charge in [0, 0.05) is 18.5 Å². The molecule has 3 aromatic carbocycles. The maximum absolute atomic E-state index is 13.3. The van der Waals surface area contributed by atoms with E-state index < -0.39 is 5.97 Å². The van der Waals surface area contributed by atoms with Crippen molar-refractivity contribution in [3.05, 3.63) is 113 Å². The normalized spacial score (nSPS) is 10.7. The lowest BCUT2D eigenvalue weighted by Crippen LogP contribution is -2.30. The van der Waals surface area contributed by atoms with Gasteiger partial charge in [0.2, 0.25) is 0 Å². The standard InChI is InChI=1S/C25H20N2O3/c28-24(23-15-14-20-8-4-5-9-22(20)26-23)27(16-18-6-2-1-3-7-18)17-19-10-12-21(13-11-19)25(29)30/h1-15H,16-17H2,(H,29,30).